The summed E-state index contributed by atoms with van der Waals surface area (Å²) in [6.07, 6.45) is -3.64. The van der Waals surface area contributed by atoms with Crippen molar-refractivity contribution in [3.8, 4) is 11.8 Å². The Kier molecular flexibility index (Phi) is 3.86. The number of nitrogens with zero attached hydrogens (tertiary/aromatic N) is 2. The smallest absolute Gasteiger partial charge is 0.406 e. The Morgan fingerprint density at radius 3 is 2.65 bits per heavy atom. The molecule has 1 unspecified atom stereocenters. The molecule has 1 atom stereocenters. The maximum Gasteiger partial charge on any atom is 0.573 e. The highest BCUT2D eigenvalue weighted by molar-refractivity contribution is 5.39. The van der Waals surface area contributed by atoms with Crippen LogP contribution in [0.5, 0.6) is 5.75 Å². The zero-order valence-electron chi connectivity index (χ0n) is 8.23. The molecule has 0 aliphatic heterocycles. The molecule has 0 fully saturated rings. The molecule has 0 heterocycles. The maximum absolute atomic E-state index is 11.9. The molecule has 1 aromatic rings. The highest BCUT2D eigenvalue weighted by atomic mass is 19.4. The van der Waals surface area contributed by atoms with Crippen LogP contribution in [-0.4, -0.2) is 12.4 Å². The summed E-state index contributed by atoms with van der Waals surface area (Å²) in [6, 6.07) is 5.14. The molecule has 0 aliphatic carbocycles. The van der Waals surface area contributed by atoms with Gasteiger partial charge in [0.1, 0.15) is 5.75 Å². The topological polar surface area (TPSA) is 62.5 Å². The number of ether oxygens (including phenoxy) is 1. The summed E-state index contributed by atoms with van der Waals surface area (Å²) in [5.74, 6) is -0.476. The Balaban J connectivity index is 3.01. The number of alkyl halides is 3. The van der Waals surface area contributed by atoms with Crippen molar-refractivity contribution in [2.45, 2.75) is 12.4 Å². The van der Waals surface area contributed by atoms with Crippen molar-refractivity contribution in [2.75, 3.05) is 0 Å². The first-order chi connectivity index (χ1) is 7.96. The average Bonchev–Trinajstić information content (AvgIpc) is 2.24. The van der Waals surface area contributed by atoms with Crippen molar-refractivity contribution < 1.29 is 22.7 Å². The van der Waals surface area contributed by atoms with E-state index in [9.17, 15) is 18.0 Å². The number of halogens is 3. The second-order valence-electron chi connectivity index (χ2n) is 2.87. The fourth-order valence-corrected chi connectivity index (χ4v) is 1.11. The summed E-state index contributed by atoms with van der Waals surface area (Å²) in [4.78, 5) is 13.2. The molecule has 17 heavy (non-hydrogen) atoms. The van der Waals surface area contributed by atoms with E-state index in [2.05, 4.69) is 9.73 Å². The molecule has 0 N–H and O–H groups in total. The first-order valence-electron chi connectivity index (χ1n) is 4.28. The summed E-state index contributed by atoms with van der Waals surface area (Å²) in [6.45, 7) is 0. The molecule has 0 spiro atoms. The van der Waals surface area contributed by atoms with Gasteiger partial charge in [0.05, 0.1) is 6.07 Å². The van der Waals surface area contributed by atoms with Crippen molar-refractivity contribution in [3.63, 3.8) is 0 Å². The predicted octanol–water partition coefficient (Wildman–Crippen LogP) is 2.49. The third-order valence-electron chi connectivity index (χ3n) is 1.71. The van der Waals surface area contributed by atoms with Crippen molar-refractivity contribution in [2.24, 2.45) is 4.99 Å². The largest absolute Gasteiger partial charge is 0.573 e. The fraction of sp³-hybridized carbons (Fsp3) is 0.200. The van der Waals surface area contributed by atoms with E-state index < -0.39 is 18.2 Å². The van der Waals surface area contributed by atoms with Crippen LogP contribution >= 0.6 is 0 Å². The first-order valence-corrected chi connectivity index (χ1v) is 4.28. The second-order valence-corrected chi connectivity index (χ2v) is 2.87. The van der Waals surface area contributed by atoms with Gasteiger partial charge in [-0.05, 0) is 17.7 Å². The monoisotopic (exact) mass is 242 g/mol. The van der Waals surface area contributed by atoms with Gasteiger partial charge in [-0.3, -0.25) is 0 Å². The van der Waals surface area contributed by atoms with Gasteiger partial charge in [0.15, 0.2) is 6.04 Å². The van der Waals surface area contributed by atoms with Gasteiger partial charge in [-0.1, -0.05) is 12.1 Å². The van der Waals surface area contributed by atoms with Gasteiger partial charge in [-0.25, -0.2) is 4.79 Å². The minimum atomic E-state index is -4.81. The highest BCUT2D eigenvalue weighted by Gasteiger charge is 2.31. The third-order valence-corrected chi connectivity index (χ3v) is 1.71. The lowest BCUT2D eigenvalue weighted by molar-refractivity contribution is -0.274. The number of nitriles is 1. The Morgan fingerprint density at radius 2 is 2.12 bits per heavy atom. The quantitative estimate of drug-likeness (QED) is 0.604. The van der Waals surface area contributed by atoms with Crippen molar-refractivity contribution in [1.29, 1.82) is 5.26 Å². The third kappa shape index (κ3) is 3.97. The zero-order chi connectivity index (χ0) is 12.9. The van der Waals surface area contributed by atoms with Gasteiger partial charge >= 0.3 is 6.36 Å². The molecule has 0 aliphatic rings. The zero-order valence-corrected chi connectivity index (χ0v) is 8.23. The maximum atomic E-state index is 11.9. The molecular weight excluding hydrogens is 237 g/mol. The lowest BCUT2D eigenvalue weighted by Gasteiger charge is -2.10. The standard InChI is InChI=1S/C10H5F3N2O2/c11-10(12,13)17-8-3-1-2-7(4-8)9(5-14)15-6-16/h1-4,9H. The number of isocyanates is 1. The van der Waals surface area contributed by atoms with E-state index in [1.54, 1.807) is 6.07 Å². The number of hydrogen-bond donors (Lipinski definition) is 0. The van der Waals surface area contributed by atoms with E-state index in [-0.39, 0.29) is 5.56 Å². The van der Waals surface area contributed by atoms with E-state index in [4.69, 9.17) is 5.26 Å². The number of benzene rings is 1. The molecule has 1 rings (SSSR count). The van der Waals surface area contributed by atoms with Crippen molar-refractivity contribution >= 4 is 6.08 Å². The Labute approximate surface area is 94.0 Å². The van der Waals surface area contributed by atoms with E-state index >= 15 is 0 Å². The van der Waals surface area contributed by atoms with Gasteiger partial charge < -0.3 is 4.74 Å². The van der Waals surface area contributed by atoms with E-state index in [0.717, 1.165) is 12.1 Å². The average molecular weight is 242 g/mol. The fourth-order valence-electron chi connectivity index (χ4n) is 1.11. The van der Waals surface area contributed by atoms with Crippen LogP contribution in [0.3, 0.4) is 0 Å². The minimum absolute atomic E-state index is 0.123. The summed E-state index contributed by atoms with van der Waals surface area (Å²) < 4.78 is 39.5. The van der Waals surface area contributed by atoms with Gasteiger partial charge in [-0.15, -0.1) is 13.2 Å². The van der Waals surface area contributed by atoms with Crippen LogP contribution in [0.1, 0.15) is 11.6 Å². The molecule has 0 amide bonds. The molecule has 4 nitrogen and oxygen atoms in total. The molecule has 0 radical (unpaired) electrons. The van der Waals surface area contributed by atoms with Crippen LogP contribution in [0.15, 0.2) is 29.3 Å². The van der Waals surface area contributed by atoms with Crippen LogP contribution in [-0.2, 0) is 4.79 Å². The van der Waals surface area contributed by atoms with Crippen LogP contribution < -0.4 is 4.74 Å². The molecule has 0 saturated heterocycles. The molecular formula is C10H5F3N2O2. The summed E-state index contributed by atoms with van der Waals surface area (Å²) >= 11 is 0. The van der Waals surface area contributed by atoms with Crippen LogP contribution in [0.2, 0.25) is 0 Å². The number of rotatable bonds is 3. The van der Waals surface area contributed by atoms with Crippen LogP contribution in [0.25, 0.3) is 0 Å². The molecule has 88 valence electrons. The number of hydrogen-bond acceptors (Lipinski definition) is 4. The minimum Gasteiger partial charge on any atom is -0.406 e. The van der Waals surface area contributed by atoms with Gasteiger partial charge in [0.2, 0.25) is 6.08 Å². The lowest BCUT2D eigenvalue weighted by atomic mass is 10.1. The summed E-state index contributed by atoms with van der Waals surface area (Å²) in [5.41, 5.74) is 0.123. The Hall–Kier alpha value is -2.32. The summed E-state index contributed by atoms with van der Waals surface area (Å²) in [5, 5.41) is 8.65. The normalized spacial score (nSPS) is 12.1. The van der Waals surface area contributed by atoms with Gasteiger partial charge in [0.25, 0.3) is 0 Å². The van der Waals surface area contributed by atoms with E-state index in [1.807, 2.05) is 0 Å². The van der Waals surface area contributed by atoms with Crippen LogP contribution in [0, 0.1) is 11.3 Å². The Morgan fingerprint density at radius 1 is 1.41 bits per heavy atom. The molecule has 0 bridgehead atoms. The second kappa shape index (κ2) is 5.14. The van der Waals surface area contributed by atoms with Crippen LogP contribution in [0.4, 0.5) is 13.2 Å². The summed E-state index contributed by atoms with van der Waals surface area (Å²) in [7, 11) is 0. The van der Waals surface area contributed by atoms with Gasteiger partial charge in [-0.2, -0.15) is 10.3 Å². The Bertz CT molecular complexity index is 487. The molecule has 0 saturated carbocycles. The van der Waals surface area contributed by atoms with Gasteiger partial charge in [0, 0.05) is 0 Å². The lowest BCUT2D eigenvalue weighted by Crippen LogP contribution is -2.17. The first kappa shape index (κ1) is 12.7. The highest BCUT2D eigenvalue weighted by Crippen LogP contribution is 2.26. The predicted molar refractivity (Wildman–Crippen MR) is 49.6 cm³/mol. The van der Waals surface area contributed by atoms with Crippen molar-refractivity contribution in [1.82, 2.24) is 0 Å². The number of aliphatic imine (C=N–C) groups is 1. The van der Waals surface area contributed by atoms with Crippen molar-refractivity contribution in [3.05, 3.63) is 29.8 Å². The SMILES string of the molecule is N#CC(N=C=O)c1cccc(OC(F)(F)F)c1. The molecule has 7 heteroatoms. The van der Waals surface area contributed by atoms with E-state index in [0.29, 0.717) is 0 Å². The van der Waals surface area contributed by atoms with E-state index in [1.165, 1.54) is 18.2 Å². The number of carbonyl (C=O) groups excluding carboxylic acids is 1. The molecule has 0 aromatic heterocycles. The molecule has 1 aromatic carbocycles.